The van der Waals surface area contributed by atoms with Crippen molar-refractivity contribution in [2.45, 2.75) is 26.5 Å². The van der Waals surface area contributed by atoms with Crippen LogP contribution in [0.4, 0.5) is 0 Å². The maximum Gasteiger partial charge on any atom is 0.191 e. The van der Waals surface area contributed by atoms with Gasteiger partial charge < -0.3 is 25.2 Å². The highest BCUT2D eigenvalue weighted by atomic mass is 127. The molecular formula is C20H28IN3O3. The molecule has 0 spiro atoms. The van der Waals surface area contributed by atoms with Crippen LogP contribution in [0.1, 0.15) is 18.1 Å². The average Bonchev–Trinajstić information content (AvgIpc) is 2.65. The van der Waals surface area contributed by atoms with Gasteiger partial charge in [-0.25, -0.2) is 0 Å². The summed E-state index contributed by atoms with van der Waals surface area (Å²) >= 11 is 0. The number of hydrogen-bond acceptors (Lipinski definition) is 4. The Kier molecular flexibility index (Phi) is 9.77. The second-order valence-electron chi connectivity index (χ2n) is 6.00. The van der Waals surface area contributed by atoms with E-state index in [4.69, 9.17) is 9.47 Å². The Bertz CT molecular complexity index is 753. The van der Waals surface area contributed by atoms with E-state index < -0.39 is 0 Å². The van der Waals surface area contributed by atoms with Crippen LogP contribution < -0.4 is 20.1 Å². The van der Waals surface area contributed by atoms with Crippen LogP contribution in [0.15, 0.2) is 47.5 Å². The number of ether oxygens (including phenoxy) is 2. The molecule has 1 atom stereocenters. The van der Waals surface area contributed by atoms with Gasteiger partial charge >= 0.3 is 0 Å². The molecule has 148 valence electrons. The Morgan fingerprint density at radius 3 is 2.59 bits per heavy atom. The van der Waals surface area contributed by atoms with Crippen molar-refractivity contribution in [3.8, 4) is 17.2 Å². The number of aliphatic imine (C=N–C) groups is 1. The lowest BCUT2D eigenvalue weighted by atomic mass is 10.2. The van der Waals surface area contributed by atoms with Gasteiger partial charge in [0.2, 0.25) is 0 Å². The first-order chi connectivity index (χ1) is 12.5. The highest BCUT2D eigenvalue weighted by Gasteiger charge is 2.08. The Morgan fingerprint density at radius 2 is 1.93 bits per heavy atom. The molecule has 0 radical (unpaired) electrons. The zero-order valence-electron chi connectivity index (χ0n) is 16.2. The number of nitrogens with one attached hydrogen (secondary N) is 2. The van der Waals surface area contributed by atoms with Crippen LogP contribution in [0.3, 0.4) is 0 Å². The summed E-state index contributed by atoms with van der Waals surface area (Å²) in [4.78, 5) is 4.20. The summed E-state index contributed by atoms with van der Waals surface area (Å²) in [7, 11) is 3.30. The molecule has 2 aromatic rings. The standard InChI is InChI=1S/C20H27N3O3.HI/c1-14-7-5-6-8-19(14)26-15(2)12-22-20(21-3)23-13-16-11-17(25-4)9-10-18(16)24;/h5-11,15,24H,12-13H2,1-4H3,(H2,21,22,23);1H. The van der Waals surface area contributed by atoms with Gasteiger partial charge in [-0.1, -0.05) is 18.2 Å². The number of rotatable bonds is 7. The molecule has 0 fully saturated rings. The third-order valence-electron chi connectivity index (χ3n) is 3.94. The molecule has 0 aliphatic carbocycles. The van der Waals surface area contributed by atoms with Crippen molar-refractivity contribution in [3.05, 3.63) is 53.6 Å². The molecule has 0 saturated heterocycles. The molecule has 0 saturated carbocycles. The number of nitrogens with zero attached hydrogens (tertiary/aromatic N) is 1. The molecule has 0 aromatic heterocycles. The highest BCUT2D eigenvalue weighted by molar-refractivity contribution is 14.0. The van der Waals surface area contributed by atoms with Crippen LogP contribution in [0.2, 0.25) is 0 Å². The number of hydrogen-bond donors (Lipinski definition) is 3. The Labute approximate surface area is 178 Å². The predicted octanol–water partition coefficient (Wildman–Crippen LogP) is 3.46. The molecule has 7 heteroatoms. The summed E-state index contributed by atoms with van der Waals surface area (Å²) in [5, 5.41) is 16.4. The minimum atomic E-state index is -0.0279. The molecule has 0 amide bonds. The normalized spacial score (nSPS) is 11.9. The number of benzene rings is 2. The van der Waals surface area contributed by atoms with Gasteiger partial charge in [0.15, 0.2) is 5.96 Å². The van der Waals surface area contributed by atoms with Crippen molar-refractivity contribution < 1.29 is 14.6 Å². The fraction of sp³-hybridized carbons (Fsp3) is 0.350. The molecule has 0 heterocycles. The van der Waals surface area contributed by atoms with Gasteiger partial charge in [0.05, 0.1) is 13.7 Å². The van der Waals surface area contributed by atoms with E-state index in [1.54, 1.807) is 32.4 Å². The zero-order valence-corrected chi connectivity index (χ0v) is 18.5. The van der Waals surface area contributed by atoms with Crippen molar-refractivity contribution in [1.82, 2.24) is 10.6 Å². The summed E-state index contributed by atoms with van der Waals surface area (Å²) in [5.41, 5.74) is 1.84. The number of aryl methyl sites for hydroxylation is 1. The predicted molar refractivity (Wildman–Crippen MR) is 120 cm³/mol. The lowest BCUT2D eigenvalue weighted by Gasteiger charge is -2.19. The second-order valence-corrected chi connectivity index (χ2v) is 6.00. The molecule has 2 aromatic carbocycles. The number of guanidine groups is 1. The quantitative estimate of drug-likeness (QED) is 0.318. The second kappa shape index (κ2) is 11.5. The number of para-hydroxylation sites is 1. The molecular weight excluding hydrogens is 457 g/mol. The van der Waals surface area contributed by atoms with E-state index in [1.807, 2.05) is 38.1 Å². The molecule has 1 unspecified atom stereocenters. The first-order valence-corrected chi connectivity index (χ1v) is 8.56. The van der Waals surface area contributed by atoms with E-state index in [1.165, 1.54) is 0 Å². The largest absolute Gasteiger partial charge is 0.508 e. The average molecular weight is 485 g/mol. The van der Waals surface area contributed by atoms with Crippen molar-refractivity contribution in [2.75, 3.05) is 20.7 Å². The first kappa shape index (κ1) is 22.9. The lowest BCUT2D eigenvalue weighted by molar-refractivity contribution is 0.222. The van der Waals surface area contributed by atoms with E-state index in [0.717, 1.165) is 16.9 Å². The Balaban J connectivity index is 0.00000364. The van der Waals surface area contributed by atoms with Crippen LogP contribution in [-0.4, -0.2) is 37.9 Å². The molecule has 0 aliphatic rings. The van der Waals surface area contributed by atoms with Gasteiger partial charge in [-0.05, 0) is 43.7 Å². The highest BCUT2D eigenvalue weighted by Crippen LogP contribution is 2.22. The fourth-order valence-electron chi connectivity index (χ4n) is 2.42. The molecule has 2 rings (SSSR count). The molecule has 0 bridgehead atoms. The topological polar surface area (TPSA) is 75.1 Å². The summed E-state index contributed by atoms with van der Waals surface area (Å²) < 4.78 is 11.1. The summed E-state index contributed by atoms with van der Waals surface area (Å²) in [6.45, 7) is 5.05. The first-order valence-electron chi connectivity index (χ1n) is 8.56. The molecule has 6 nitrogen and oxygen atoms in total. The van der Waals surface area contributed by atoms with Gasteiger partial charge in [0.25, 0.3) is 0 Å². The van der Waals surface area contributed by atoms with Crippen LogP contribution >= 0.6 is 24.0 Å². The molecule has 3 N–H and O–H groups in total. The number of halogens is 1. The zero-order chi connectivity index (χ0) is 18.9. The minimum Gasteiger partial charge on any atom is -0.508 e. The summed E-state index contributed by atoms with van der Waals surface area (Å²) in [6, 6.07) is 13.1. The van der Waals surface area contributed by atoms with Crippen molar-refractivity contribution in [1.29, 1.82) is 0 Å². The van der Waals surface area contributed by atoms with E-state index in [9.17, 15) is 5.11 Å². The van der Waals surface area contributed by atoms with Crippen molar-refractivity contribution >= 4 is 29.9 Å². The smallest absolute Gasteiger partial charge is 0.191 e. The van der Waals surface area contributed by atoms with E-state index >= 15 is 0 Å². The molecule has 27 heavy (non-hydrogen) atoms. The van der Waals surface area contributed by atoms with Crippen molar-refractivity contribution in [3.63, 3.8) is 0 Å². The van der Waals surface area contributed by atoms with Gasteiger partial charge in [0.1, 0.15) is 23.4 Å². The Hall–Kier alpha value is -2.16. The number of phenols is 1. The number of methoxy groups -OCH3 is 1. The Morgan fingerprint density at radius 1 is 1.19 bits per heavy atom. The van der Waals surface area contributed by atoms with E-state index in [-0.39, 0.29) is 35.8 Å². The summed E-state index contributed by atoms with van der Waals surface area (Å²) in [6.07, 6.45) is -0.0279. The third kappa shape index (κ3) is 7.16. The van der Waals surface area contributed by atoms with Crippen LogP contribution in [-0.2, 0) is 6.54 Å². The summed E-state index contributed by atoms with van der Waals surface area (Å²) in [5.74, 6) is 2.42. The SMILES string of the molecule is CN=C(NCc1cc(OC)ccc1O)NCC(C)Oc1ccccc1C.I. The number of phenolic OH excluding ortho intramolecular Hbond substituents is 1. The number of aromatic hydroxyl groups is 1. The monoisotopic (exact) mass is 485 g/mol. The van der Waals surface area contributed by atoms with Gasteiger partial charge in [-0.3, -0.25) is 4.99 Å². The third-order valence-corrected chi connectivity index (χ3v) is 3.94. The fourth-order valence-corrected chi connectivity index (χ4v) is 2.42. The van der Waals surface area contributed by atoms with Crippen molar-refractivity contribution in [2.24, 2.45) is 4.99 Å². The van der Waals surface area contributed by atoms with Gasteiger partial charge in [0, 0.05) is 19.2 Å². The van der Waals surface area contributed by atoms with Crippen LogP contribution in [0.25, 0.3) is 0 Å². The van der Waals surface area contributed by atoms with E-state index in [0.29, 0.717) is 24.8 Å². The maximum atomic E-state index is 9.95. The van der Waals surface area contributed by atoms with Crippen LogP contribution in [0.5, 0.6) is 17.2 Å². The van der Waals surface area contributed by atoms with E-state index in [2.05, 4.69) is 15.6 Å². The minimum absolute atomic E-state index is 0. The lowest BCUT2D eigenvalue weighted by Crippen LogP contribution is -2.41. The van der Waals surface area contributed by atoms with Gasteiger partial charge in [-0.15, -0.1) is 24.0 Å². The van der Waals surface area contributed by atoms with Gasteiger partial charge in [-0.2, -0.15) is 0 Å². The maximum absolute atomic E-state index is 9.95. The van der Waals surface area contributed by atoms with Crippen LogP contribution in [0, 0.1) is 6.92 Å². The molecule has 0 aliphatic heterocycles.